The number of benzene rings is 2. The Morgan fingerprint density at radius 1 is 1.09 bits per heavy atom. The van der Waals surface area contributed by atoms with Crippen molar-refractivity contribution in [3.63, 3.8) is 0 Å². The van der Waals surface area contributed by atoms with Crippen molar-refractivity contribution < 1.29 is 22.7 Å². The van der Waals surface area contributed by atoms with Gasteiger partial charge in [-0.05, 0) is 56.5 Å². The summed E-state index contributed by atoms with van der Waals surface area (Å²) in [7, 11) is -3.79. The molecular weight excluding hydrogens is 442 g/mol. The van der Waals surface area contributed by atoms with Gasteiger partial charge >= 0.3 is 0 Å². The highest BCUT2D eigenvalue weighted by molar-refractivity contribution is 7.89. The molecule has 178 valence electrons. The molecule has 2 aromatic rings. The first-order valence-corrected chi connectivity index (χ1v) is 12.7. The van der Waals surface area contributed by atoms with E-state index < -0.39 is 22.0 Å². The zero-order chi connectivity index (χ0) is 23.7. The fourth-order valence-electron chi connectivity index (χ4n) is 3.77. The number of ether oxygens (including phenoxy) is 1. The van der Waals surface area contributed by atoms with E-state index >= 15 is 0 Å². The van der Waals surface area contributed by atoms with E-state index in [4.69, 9.17) is 4.74 Å². The summed E-state index contributed by atoms with van der Waals surface area (Å²) in [6, 6.07) is 14.0. The second-order valence-electron chi connectivity index (χ2n) is 7.82. The molecule has 2 aromatic carbocycles. The molecule has 1 saturated heterocycles. The van der Waals surface area contributed by atoms with E-state index in [1.807, 2.05) is 6.92 Å². The molecule has 8 nitrogen and oxygen atoms in total. The molecule has 0 aromatic heterocycles. The maximum atomic E-state index is 13.1. The SMILES string of the molecule is CCOCCCNC(=O)c1cccc(NC(=O)C2CCCCN2S(=O)(=O)c2ccccc2)c1. The molecule has 0 bridgehead atoms. The third-order valence-electron chi connectivity index (χ3n) is 5.45. The quantitative estimate of drug-likeness (QED) is 0.516. The Morgan fingerprint density at radius 3 is 2.64 bits per heavy atom. The summed E-state index contributed by atoms with van der Waals surface area (Å²) in [6.07, 6.45) is 2.62. The summed E-state index contributed by atoms with van der Waals surface area (Å²) in [5, 5.41) is 5.63. The molecule has 1 unspecified atom stereocenters. The number of hydrogen-bond donors (Lipinski definition) is 2. The number of hydrogen-bond acceptors (Lipinski definition) is 5. The molecule has 2 N–H and O–H groups in total. The number of anilines is 1. The smallest absolute Gasteiger partial charge is 0.251 e. The van der Waals surface area contributed by atoms with Gasteiger partial charge in [0.1, 0.15) is 6.04 Å². The largest absolute Gasteiger partial charge is 0.382 e. The fourth-order valence-corrected chi connectivity index (χ4v) is 5.45. The lowest BCUT2D eigenvalue weighted by Gasteiger charge is -2.33. The zero-order valence-corrected chi connectivity index (χ0v) is 19.6. The van der Waals surface area contributed by atoms with Crippen LogP contribution in [0.3, 0.4) is 0 Å². The average Bonchev–Trinajstić information content (AvgIpc) is 2.84. The number of amides is 2. The predicted octanol–water partition coefficient (Wildman–Crippen LogP) is 3.02. The number of nitrogens with one attached hydrogen (secondary N) is 2. The summed E-state index contributed by atoms with van der Waals surface area (Å²) in [4.78, 5) is 25.7. The van der Waals surface area contributed by atoms with Crippen LogP contribution in [0.4, 0.5) is 5.69 Å². The number of sulfonamides is 1. The molecule has 33 heavy (non-hydrogen) atoms. The molecule has 1 aliphatic heterocycles. The Balaban J connectivity index is 1.67. The van der Waals surface area contributed by atoms with E-state index in [1.165, 1.54) is 16.4 Å². The number of nitrogens with zero attached hydrogens (tertiary/aromatic N) is 1. The van der Waals surface area contributed by atoms with E-state index in [9.17, 15) is 18.0 Å². The highest BCUT2D eigenvalue weighted by atomic mass is 32.2. The first kappa shape index (κ1) is 24.9. The molecule has 0 aliphatic carbocycles. The molecular formula is C24H31N3O5S. The minimum Gasteiger partial charge on any atom is -0.382 e. The molecule has 1 atom stereocenters. The van der Waals surface area contributed by atoms with Crippen LogP contribution in [0.1, 0.15) is 43.0 Å². The van der Waals surface area contributed by atoms with Gasteiger partial charge in [0, 0.05) is 37.6 Å². The summed E-state index contributed by atoms with van der Waals surface area (Å²) in [6.45, 7) is 3.92. The van der Waals surface area contributed by atoms with Crippen LogP contribution in [0.25, 0.3) is 0 Å². The summed E-state index contributed by atoms with van der Waals surface area (Å²) in [5.41, 5.74) is 0.867. The second-order valence-corrected chi connectivity index (χ2v) is 9.71. The summed E-state index contributed by atoms with van der Waals surface area (Å²) >= 11 is 0. The first-order chi connectivity index (χ1) is 15.9. The minimum absolute atomic E-state index is 0.174. The molecule has 1 aliphatic rings. The van der Waals surface area contributed by atoms with Crippen molar-refractivity contribution in [2.45, 2.75) is 43.5 Å². The van der Waals surface area contributed by atoms with Gasteiger partial charge in [-0.15, -0.1) is 0 Å². The van der Waals surface area contributed by atoms with Gasteiger partial charge in [0.05, 0.1) is 4.90 Å². The Labute approximate surface area is 195 Å². The van der Waals surface area contributed by atoms with Crippen LogP contribution in [-0.2, 0) is 19.6 Å². The summed E-state index contributed by atoms with van der Waals surface area (Å²) < 4.78 is 32.8. The van der Waals surface area contributed by atoms with Crippen LogP contribution in [0, 0.1) is 0 Å². The van der Waals surface area contributed by atoms with E-state index in [1.54, 1.807) is 42.5 Å². The fraction of sp³-hybridized carbons (Fsp3) is 0.417. The van der Waals surface area contributed by atoms with E-state index in [-0.39, 0.29) is 10.8 Å². The lowest BCUT2D eigenvalue weighted by molar-refractivity contribution is -0.120. The number of carbonyl (C=O) groups is 2. The number of piperidine rings is 1. The van der Waals surface area contributed by atoms with Gasteiger partial charge < -0.3 is 15.4 Å². The number of rotatable bonds is 10. The van der Waals surface area contributed by atoms with Crippen molar-refractivity contribution in [3.05, 3.63) is 60.2 Å². The topological polar surface area (TPSA) is 105 Å². The normalized spacial score (nSPS) is 16.8. The Morgan fingerprint density at radius 2 is 1.88 bits per heavy atom. The van der Waals surface area contributed by atoms with E-state index in [2.05, 4.69) is 10.6 Å². The average molecular weight is 474 g/mol. The van der Waals surface area contributed by atoms with Gasteiger partial charge in [0.25, 0.3) is 5.91 Å². The van der Waals surface area contributed by atoms with Crippen molar-refractivity contribution in [2.75, 3.05) is 31.6 Å². The van der Waals surface area contributed by atoms with Crippen molar-refractivity contribution in [1.29, 1.82) is 0 Å². The molecule has 9 heteroatoms. The van der Waals surface area contributed by atoms with Gasteiger partial charge in [0.15, 0.2) is 0 Å². The van der Waals surface area contributed by atoms with Crippen molar-refractivity contribution in [1.82, 2.24) is 9.62 Å². The Kier molecular flexibility index (Phi) is 8.99. The lowest BCUT2D eigenvalue weighted by Crippen LogP contribution is -2.49. The van der Waals surface area contributed by atoms with Gasteiger partial charge in [0.2, 0.25) is 15.9 Å². The van der Waals surface area contributed by atoms with Crippen LogP contribution in [0.5, 0.6) is 0 Å². The summed E-state index contributed by atoms with van der Waals surface area (Å²) in [5.74, 6) is -0.642. The van der Waals surface area contributed by atoms with Crippen molar-refractivity contribution >= 4 is 27.5 Å². The van der Waals surface area contributed by atoms with Crippen molar-refractivity contribution in [2.24, 2.45) is 0 Å². The van der Waals surface area contributed by atoms with E-state index in [0.717, 1.165) is 6.42 Å². The third-order valence-corrected chi connectivity index (χ3v) is 7.38. The zero-order valence-electron chi connectivity index (χ0n) is 18.8. The van der Waals surface area contributed by atoms with Gasteiger partial charge in [-0.1, -0.05) is 30.7 Å². The highest BCUT2D eigenvalue weighted by Gasteiger charge is 2.37. The maximum Gasteiger partial charge on any atom is 0.251 e. The monoisotopic (exact) mass is 473 g/mol. The first-order valence-electron chi connectivity index (χ1n) is 11.3. The lowest BCUT2D eigenvalue weighted by atomic mass is 10.0. The maximum absolute atomic E-state index is 13.1. The van der Waals surface area contributed by atoms with Crippen molar-refractivity contribution in [3.8, 4) is 0 Å². The van der Waals surface area contributed by atoms with Crippen LogP contribution in [0.2, 0.25) is 0 Å². The van der Waals surface area contributed by atoms with Crippen LogP contribution < -0.4 is 10.6 Å². The Hall–Kier alpha value is -2.75. The molecule has 1 heterocycles. The molecule has 3 rings (SSSR count). The molecule has 0 radical (unpaired) electrons. The molecule has 0 spiro atoms. The minimum atomic E-state index is -3.79. The van der Waals surface area contributed by atoms with Crippen LogP contribution in [0.15, 0.2) is 59.5 Å². The highest BCUT2D eigenvalue weighted by Crippen LogP contribution is 2.26. The Bertz CT molecular complexity index is 1040. The molecule has 0 saturated carbocycles. The standard InChI is InChI=1S/C24H31N3O5S/c1-2-32-17-9-15-25-23(28)19-10-8-11-20(18-19)26-24(29)22-14-6-7-16-27(22)33(30,31)21-12-4-3-5-13-21/h3-5,8,10-13,18,22H,2,6-7,9,14-17H2,1H3,(H,25,28)(H,26,29). The van der Waals surface area contributed by atoms with Gasteiger partial charge in [-0.25, -0.2) is 8.42 Å². The number of carbonyl (C=O) groups excluding carboxylic acids is 2. The van der Waals surface area contributed by atoms with Gasteiger partial charge in [-0.2, -0.15) is 4.31 Å². The second kappa shape index (κ2) is 11.9. The predicted molar refractivity (Wildman–Crippen MR) is 126 cm³/mol. The van der Waals surface area contributed by atoms with Crippen LogP contribution >= 0.6 is 0 Å². The molecule has 1 fully saturated rings. The third kappa shape index (κ3) is 6.63. The van der Waals surface area contributed by atoms with Crippen LogP contribution in [-0.4, -0.2) is 56.9 Å². The molecule has 2 amide bonds. The van der Waals surface area contributed by atoms with Gasteiger partial charge in [-0.3, -0.25) is 9.59 Å². The van der Waals surface area contributed by atoms with E-state index in [0.29, 0.717) is 56.8 Å².